The van der Waals surface area contributed by atoms with Crippen LogP contribution in [0.4, 0.5) is 5.82 Å². The average Bonchev–Trinajstić information content (AvgIpc) is 3.16. The minimum Gasteiger partial charge on any atom is -0.373 e. The van der Waals surface area contributed by atoms with Crippen LogP contribution in [0, 0.1) is 19.8 Å². The molecule has 0 radical (unpaired) electrons. The summed E-state index contributed by atoms with van der Waals surface area (Å²) in [6.45, 7) is 5.43. The molecule has 3 N–H and O–H groups in total. The normalized spacial score (nSPS) is 15.1. The van der Waals surface area contributed by atoms with Crippen LogP contribution in [0.15, 0.2) is 0 Å². The van der Waals surface area contributed by atoms with E-state index in [-0.39, 0.29) is 0 Å². The number of ether oxygens (including phenoxy) is 1. The van der Waals surface area contributed by atoms with Crippen molar-refractivity contribution in [2.24, 2.45) is 11.8 Å². The third kappa shape index (κ3) is 2.56. The van der Waals surface area contributed by atoms with Crippen molar-refractivity contribution in [1.29, 1.82) is 0 Å². The van der Waals surface area contributed by atoms with Crippen LogP contribution in [-0.2, 0) is 11.3 Å². The van der Waals surface area contributed by atoms with E-state index in [0.717, 1.165) is 22.7 Å². The zero-order valence-corrected chi connectivity index (χ0v) is 12.0. The summed E-state index contributed by atoms with van der Waals surface area (Å²) in [7, 11) is 0. The van der Waals surface area contributed by atoms with Crippen molar-refractivity contribution in [2.75, 3.05) is 12.0 Å². The molecule has 0 aliphatic heterocycles. The molecule has 0 spiro atoms. The Bertz CT molecular complexity index is 606. The van der Waals surface area contributed by atoms with Gasteiger partial charge in [0.15, 0.2) is 11.6 Å². The molecular formula is C13H18N4OS. The number of hydrogen-bond donors (Lipinski definition) is 2. The molecule has 102 valence electrons. The number of rotatable bonds is 5. The molecule has 3 rings (SSSR count). The van der Waals surface area contributed by atoms with E-state index in [0.29, 0.717) is 18.2 Å². The van der Waals surface area contributed by atoms with Crippen molar-refractivity contribution in [3.05, 3.63) is 16.3 Å². The van der Waals surface area contributed by atoms with Crippen molar-refractivity contribution in [3.63, 3.8) is 0 Å². The Hall–Kier alpha value is -1.24. The van der Waals surface area contributed by atoms with Crippen LogP contribution < -0.4 is 11.3 Å². The number of aryl methyl sites for hydroxylation is 2. The Balaban J connectivity index is 1.88. The van der Waals surface area contributed by atoms with Crippen LogP contribution in [0.1, 0.15) is 29.1 Å². The Kier molecular flexibility index (Phi) is 3.38. The summed E-state index contributed by atoms with van der Waals surface area (Å²) in [5.41, 5.74) is 3.87. The number of aromatic nitrogens is 2. The zero-order valence-electron chi connectivity index (χ0n) is 11.2. The summed E-state index contributed by atoms with van der Waals surface area (Å²) in [6, 6.07) is 0. The molecule has 0 unspecified atom stereocenters. The van der Waals surface area contributed by atoms with Gasteiger partial charge in [0.2, 0.25) is 0 Å². The third-order valence-electron chi connectivity index (χ3n) is 3.49. The minimum absolute atomic E-state index is 0.455. The highest BCUT2D eigenvalue weighted by Gasteiger charge is 2.21. The predicted molar refractivity (Wildman–Crippen MR) is 77.1 cm³/mol. The number of hydrogen-bond acceptors (Lipinski definition) is 6. The van der Waals surface area contributed by atoms with Gasteiger partial charge >= 0.3 is 0 Å². The number of nitrogens with zero attached hydrogens (tertiary/aromatic N) is 2. The van der Waals surface area contributed by atoms with Crippen molar-refractivity contribution in [2.45, 2.75) is 33.3 Å². The maximum atomic E-state index is 5.64. The summed E-state index contributed by atoms with van der Waals surface area (Å²) in [5, 5.41) is 1.02. The van der Waals surface area contributed by atoms with Crippen LogP contribution in [0.2, 0.25) is 0 Å². The molecule has 1 saturated carbocycles. The van der Waals surface area contributed by atoms with Crippen LogP contribution in [0.5, 0.6) is 0 Å². The van der Waals surface area contributed by atoms with Gasteiger partial charge < -0.3 is 10.2 Å². The summed E-state index contributed by atoms with van der Waals surface area (Å²) in [4.78, 5) is 11.2. The second-order valence-corrected chi connectivity index (χ2v) is 6.26. The van der Waals surface area contributed by atoms with Gasteiger partial charge in [0.25, 0.3) is 0 Å². The fourth-order valence-electron chi connectivity index (χ4n) is 2.06. The van der Waals surface area contributed by atoms with E-state index in [9.17, 15) is 0 Å². The van der Waals surface area contributed by atoms with E-state index in [1.54, 1.807) is 11.3 Å². The monoisotopic (exact) mass is 278 g/mol. The highest BCUT2D eigenvalue weighted by atomic mass is 32.1. The lowest BCUT2D eigenvalue weighted by molar-refractivity contribution is 0.106. The van der Waals surface area contributed by atoms with E-state index in [1.807, 2.05) is 0 Å². The van der Waals surface area contributed by atoms with E-state index in [4.69, 9.17) is 10.6 Å². The van der Waals surface area contributed by atoms with E-state index < -0.39 is 0 Å². The second kappa shape index (κ2) is 5.03. The Morgan fingerprint density at radius 3 is 2.84 bits per heavy atom. The van der Waals surface area contributed by atoms with Crippen LogP contribution in [-0.4, -0.2) is 16.6 Å². The molecule has 0 aromatic carbocycles. The fraction of sp³-hybridized carbons (Fsp3) is 0.538. The summed E-state index contributed by atoms with van der Waals surface area (Å²) in [6.07, 6.45) is 2.58. The average molecular weight is 278 g/mol. The topological polar surface area (TPSA) is 73.1 Å². The van der Waals surface area contributed by atoms with E-state index in [2.05, 4.69) is 29.2 Å². The van der Waals surface area contributed by atoms with Crippen LogP contribution in [0.25, 0.3) is 10.2 Å². The highest BCUT2D eigenvalue weighted by molar-refractivity contribution is 7.18. The number of nitrogens with one attached hydrogen (secondary N) is 1. The van der Waals surface area contributed by atoms with Crippen molar-refractivity contribution >= 4 is 27.4 Å². The minimum atomic E-state index is 0.455. The lowest BCUT2D eigenvalue weighted by Crippen LogP contribution is -2.11. The Morgan fingerprint density at radius 1 is 1.37 bits per heavy atom. The second-order valence-electron chi connectivity index (χ2n) is 5.05. The molecule has 0 saturated heterocycles. The first-order chi connectivity index (χ1) is 9.19. The van der Waals surface area contributed by atoms with Gasteiger partial charge in [0.1, 0.15) is 11.4 Å². The first-order valence-electron chi connectivity index (χ1n) is 6.50. The van der Waals surface area contributed by atoms with E-state index >= 15 is 0 Å². The smallest absolute Gasteiger partial charge is 0.158 e. The van der Waals surface area contributed by atoms with Gasteiger partial charge in [-0.15, -0.1) is 11.3 Å². The largest absolute Gasteiger partial charge is 0.373 e. The Labute approximate surface area is 116 Å². The molecule has 2 aromatic heterocycles. The fourth-order valence-corrected chi connectivity index (χ4v) is 3.11. The van der Waals surface area contributed by atoms with Crippen molar-refractivity contribution < 1.29 is 4.74 Å². The third-order valence-corrected chi connectivity index (χ3v) is 4.59. The molecule has 2 heterocycles. The maximum absolute atomic E-state index is 5.64. The van der Waals surface area contributed by atoms with Crippen molar-refractivity contribution in [1.82, 2.24) is 9.97 Å². The molecular weight excluding hydrogens is 260 g/mol. The molecule has 1 aliphatic rings. The van der Waals surface area contributed by atoms with Gasteiger partial charge in [0.05, 0.1) is 5.39 Å². The van der Waals surface area contributed by atoms with E-state index in [1.165, 1.54) is 23.3 Å². The van der Waals surface area contributed by atoms with Crippen LogP contribution in [0.3, 0.4) is 0 Å². The maximum Gasteiger partial charge on any atom is 0.158 e. The molecule has 1 fully saturated rings. The van der Waals surface area contributed by atoms with Gasteiger partial charge in [0, 0.05) is 11.5 Å². The summed E-state index contributed by atoms with van der Waals surface area (Å²) < 4.78 is 5.64. The van der Waals surface area contributed by atoms with Gasteiger partial charge in [-0.1, -0.05) is 0 Å². The first-order valence-corrected chi connectivity index (χ1v) is 7.31. The first kappa shape index (κ1) is 12.8. The Morgan fingerprint density at radius 2 is 2.16 bits per heavy atom. The zero-order chi connectivity index (χ0) is 13.4. The lowest BCUT2D eigenvalue weighted by Gasteiger charge is -2.06. The number of thiophene rings is 1. The molecule has 19 heavy (non-hydrogen) atoms. The molecule has 6 heteroatoms. The van der Waals surface area contributed by atoms with Gasteiger partial charge in [-0.2, -0.15) is 0 Å². The van der Waals surface area contributed by atoms with Crippen LogP contribution >= 0.6 is 11.3 Å². The number of anilines is 1. The highest BCUT2D eigenvalue weighted by Crippen LogP contribution is 2.33. The summed E-state index contributed by atoms with van der Waals surface area (Å²) >= 11 is 1.67. The predicted octanol–water partition coefficient (Wildman–Crippen LogP) is 2.52. The van der Waals surface area contributed by atoms with Crippen molar-refractivity contribution in [3.8, 4) is 0 Å². The summed E-state index contributed by atoms with van der Waals surface area (Å²) in [5.74, 6) is 7.71. The van der Waals surface area contributed by atoms with Gasteiger partial charge in [-0.3, -0.25) is 0 Å². The molecule has 0 amide bonds. The van der Waals surface area contributed by atoms with Gasteiger partial charge in [-0.05, 0) is 38.2 Å². The molecule has 1 aliphatic carbocycles. The molecule has 5 nitrogen and oxygen atoms in total. The molecule has 0 bridgehead atoms. The standard InChI is InChI=1S/C13H18N4OS/c1-7-8(2)19-13-11(7)12(17-14)15-10(16-13)6-18-5-9-3-4-9/h9H,3-6,14H2,1-2H3,(H,15,16,17). The quantitative estimate of drug-likeness (QED) is 0.649. The number of fused-ring (bicyclic) bond motifs is 1. The molecule has 0 atom stereocenters. The lowest BCUT2D eigenvalue weighted by atomic mass is 10.2. The molecule has 2 aromatic rings. The van der Waals surface area contributed by atoms with Gasteiger partial charge in [-0.25, -0.2) is 15.8 Å². The number of hydrazine groups is 1. The SMILES string of the molecule is Cc1sc2nc(COCC3CC3)nc(NN)c2c1C. The number of nitrogen functional groups attached to an aromatic ring is 1. The number of nitrogens with two attached hydrogens (primary N) is 1.